The quantitative estimate of drug-likeness (QED) is 0.675. The van der Waals surface area contributed by atoms with Crippen LogP contribution in [-0.4, -0.2) is 38.5 Å². The number of esters is 1. The Labute approximate surface area is 134 Å². The molecule has 22 heavy (non-hydrogen) atoms. The van der Waals surface area contributed by atoms with E-state index < -0.39 is 16.3 Å². The number of ether oxygens (including phenoxy) is 1. The topological polar surface area (TPSA) is 72.6 Å². The van der Waals surface area contributed by atoms with Crippen LogP contribution in [0, 0.1) is 0 Å². The summed E-state index contributed by atoms with van der Waals surface area (Å²) in [5, 5.41) is -0.142. The van der Waals surface area contributed by atoms with Gasteiger partial charge in [0.05, 0.1) is 0 Å². The summed E-state index contributed by atoms with van der Waals surface area (Å²) in [6, 6.07) is 8.99. The zero-order valence-corrected chi connectivity index (χ0v) is 13.7. The van der Waals surface area contributed by atoms with Crippen molar-refractivity contribution in [1.82, 2.24) is 4.90 Å². The third kappa shape index (κ3) is 1.97. The fraction of sp³-hybridized carbons (Fsp3) is 0.500. The SMILES string of the molecule is CC1(C)S[C@@H]2[C@@H](N)C(=O)N2[C@@]1(C)C(=O)OCc1ccccc1. The summed E-state index contributed by atoms with van der Waals surface area (Å²) in [5.74, 6) is -0.557. The monoisotopic (exact) mass is 320 g/mol. The van der Waals surface area contributed by atoms with E-state index in [1.165, 1.54) is 0 Å². The maximum absolute atomic E-state index is 12.7. The molecule has 0 unspecified atom stereocenters. The Bertz CT molecular complexity index is 619. The van der Waals surface area contributed by atoms with Crippen molar-refractivity contribution >= 4 is 23.6 Å². The number of nitrogens with zero attached hydrogens (tertiary/aromatic N) is 1. The molecule has 0 saturated carbocycles. The molecule has 1 aromatic rings. The van der Waals surface area contributed by atoms with Crippen molar-refractivity contribution in [1.29, 1.82) is 0 Å². The van der Waals surface area contributed by atoms with Crippen LogP contribution in [-0.2, 0) is 20.9 Å². The Morgan fingerprint density at radius 1 is 1.32 bits per heavy atom. The van der Waals surface area contributed by atoms with Crippen LogP contribution in [0.2, 0.25) is 0 Å². The molecule has 3 atom stereocenters. The van der Waals surface area contributed by atoms with Gasteiger partial charge in [-0.25, -0.2) is 4.79 Å². The molecule has 1 amide bonds. The highest BCUT2D eigenvalue weighted by Crippen LogP contribution is 2.56. The van der Waals surface area contributed by atoms with Crippen molar-refractivity contribution in [3.05, 3.63) is 35.9 Å². The first-order valence-corrected chi connectivity index (χ1v) is 8.15. The molecular weight excluding hydrogens is 300 g/mol. The summed E-state index contributed by atoms with van der Waals surface area (Å²) < 4.78 is 5.05. The predicted octanol–water partition coefficient (Wildman–Crippen LogP) is 1.51. The molecule has 0 spiro atoms. The molecule has 0 aliphatic carbocycles. The summed E-state index contributed by atoms with van der Waals surface area (Å²) in [7, 11) is 0. The largest absolute Gasteiger partial charge is 0.459 e. The lowest BCUT2D eigenvalue weighted by atomic mass is 9.82. The molecule has 6 heteroatoms. The standard InChI is InChI=1S/C16H20N2O3S/c1-15(2)16(3,18-12(19)11(17)13(18)22-15)14(20)21-9-10-7-5-4-6-8-10/h4-8,11,13H,9,17H2,1-3H3/t11-,13+,16-/m0/s1. The number of amides is 1. The Morgan fingerprint density at radius 3 is 2.59 bits per heavy atom. The van der Waals surface area contributed by atoms with Gasteiger partial charge < -0.3 is 15.4 Å². The molecule has 0 bridgehead atoms. The van der Waals surface area contributed by atoms with Crippen LogP contribution in [0.15, 0.2) is 30.3 Å². The molecule has 1 aromatic carbocycles. The third-order valence-corrected chi connectivity index (χ3v) is 6.50. The minimum absolute atomic E-state index is 0.142. The number of carbonyl (C=O) groups is 2. The molecule has 0 radical (unpaired) electrons. The van der Waals surface area contributed by atoms with Crippen LogP contribution >= 0.6 is 11.8 Å². The van der Waals surface area contributed by atoms with E-state index in [0.717, 1.165) is 5.56 Å². The first kappa shape index (κ1) is 15.4. The van der Waals surface area contributed by atoms with Gasteiger partial charge in [0.2, 0.25) is 5.91 Å². The normalized spacial score (nSPS) is 32.4. The van der Waals surface area contributed by atoms with Crippen LogP contribution < -0.4 is 5.73 Å². The van der Waals surface area contributed by atoms with Crippen molar-refractivity contribution in [2.24, 2.45) is 5.73 Å². The van der Waals surface area contributed by atoms with Gasteiger partial charge in [0.15, 0.2) is 5.54 Å². The number of fused-ring (bicyclic) bond motifs is 1. The summed E-state index contributed by atoms with van der Waals surface area (Å²) in [5.41, 5.74) is 5.78. The van der Waals surface area contributed by atoms with Crippen molar-refractivity contribution in [2.75, 3.05) is 0 Å². The van der Waals surface area contributed by atoms with Crippen molar-refractivity contribution in [2.45, 2.75) is 49.1 Å². The van der Waals surface area contributed by atoms with E-state index in [9.17, 15) is 9.59 Å². The summed E-state index contributed by atoms with van der Waals surface area (Å²) in [6.45, 7) is 5.89. The Balaban J connectivity index is 1.79. The van der Waals surface area contributed by atoms with Gasteiger partial charge in [0.1, 0.15) is 18.0 Å². The summed E-state index contributed by atoms with van der Waals surface area (Å²) in [4.78, 5) is 26.4. The molecular formula is C16H20N2O3S. The first-order chi connectivity index (χ1) is 10.3. The number of nitrogens with two attached hydrogens (primary N) is 1. The average molecular weight is 320 g/mol. The van der Waals surface area contributed by atoms with Crippen molar-refractivity contribution in [3.63, 3.8) is 0 Å². The van der Waals surface area contributed by atoms with Crippen LogP contribution in [0.4, 0.5) is 0 Å². The Kier molecular flexibility index (Phi) is 3.49. The van der Waals surface area contributed by atoms with Crippen LogP contribution in [0.25, 0.3) is 0 Å². The lowest BCUT2D eigenvalue weighted by molar-refractivity contribution is -0.173. The highest BCUT2D eigenvalue weighted by molar-refractivity contribution is 8.01. The van der Waals surface area contributed by atoms with Gasteiger partial charge in [-0.05, 0) is 26.3 Å². The van der Waals surface area contributed by atoms with Gasteiger partial charge in [-0.1, -0.05) is 30.3 Å². The molecule has 2 aliphatic heterocycles. The highest BCUT2D eigenvalue weighted by atomic mass is 32.2. The van der Waals surface area contributed by atoms with Gasteiger partial charge in [0, 0.05) is 4.75 Å². The first-order valence-electron chi connectivity index (χ1n) is 7.27. The Hall–Kier alpha value is -1.53. The summed E-state index contributed by atoms with van der Waals surface area (Å²) in [6.07, 6.45) is 0. The second-order valence-corrected chi connectivity index (χ2v) is 8.13. The van der Waals surface area contributed by atoms with Crippen molar-refractivity contribution in [3.8, 4) is 0 Å². The van der Waals surface area contributed by atoms with Gasteiger partial charge in [-0.3, -0.25) is 4.79 Å². The lowest BCUT2D eigenvalue weighted by Crippen LogP contribution is -2.73. The molecule has 2 aliphatic rings. The molecule has 2 N–H and O–H groups in total. The molecule has 0 aromatic heterocycles. The van der Waals surface area contributed by atoms with Gasteiger partial charge >= 0.3 is 5.97 Å². The molecule has 118 valence electrons. The van der Waals surface area contributed by atoms with E-state index in [4.69, 9.17) is 10.5 Å². The highest BCUT2D eigenvalue weighted by Gasteiger charge is 2.70. The molecule has 2 fully saturated rings. The van der Waals surface area contributed by atoms with Gasteiger partial charge in [-0.2, -0.15) is 0 Å². The number of β-lactam (4-membered cyclic amide) rings is 1. The smallest absolute Gasteiger partial charge is 0.333 e. The van der Waals surface area contributed by atoms with E-state index >= 15 is 0 Å². The van der Waals surface area contributed by atoms with Crippen LogP contribution in [0.3, 0.4) is 0 Å². The van der Waals surface area contributed by atoms with Crippen molar-refractivity contribution < 1.29 is 14.3 Å². The molecule has 3 rings (SSSR count). The number of benzene rings is 1. The maximum Gasteiger partial charge on any atom is 0.333 e. The van der Waals surface area contributed by atoms with Crippen LogP contribution in [0.5, 0.6) is 0 Å². The third-order valence-electron chi connectivity index (χ3n) is 4.76. The molecule has 5 nitrogen and oxygen atoms in total. The van der Waals surface area contributed by atoms with Gasteiger partial charge in [0.25, 0.3) is 0 Å². The molecule has 2 heterocycles. The zero-order chi connectivity index (χ0) is 16.1. The fourth-order valence-electron chi connectivity index (χ4n) is 3.00. The van der Waals surface area contributed by atoms with Crippen LogP contribution in [0.1, 0.15) is 26.3 Å². The second kappa shape index (κ2) is 4.99. The number of rotatable bonds is 3. The number of thioether (sulfide) groups is 1. The Morgan fingerprint density at radius 2 is 1.95 bits per heavy atom. The number of hydrogen-bond donors (Lipinski definition) is 1. The average Bonchev–Trinajstić information content (AvgIpc) is 2.71. The molecule has 2 saturated heterocycles. The van der Waals surface area contributed by atoms with E-state index in [-0.39, 0.29) is 23.9 Å². The summed E-state index contributed by atoms with van der Waals surface area (Å²) >= 11 is 1.57. The van der Waals surface area contributed by atoms with Gasteiger partial charge in [-0.15, -0.1) is 11.8 Å². The second-order valence-electron chi connectivity index (χ2n) is 6.39. The number of hydrogen-bond acceptors (Lipinski definition) is 5. The maximum atomic E-state index is 12.7. The fourth-order valence-corrected chi connectivity index (χ4v) is 4.70. The number of carbonyl (C=O) groups excluding carboxylic acids is 2. The lowest BCUT2D eigenvalue weighted by Gasteiger charge is -2.47. The minimum Gasteiger partial charge on any atom is -0.459 e. The van der Waals surface area contributed by atoms with E-state index in [1.807, 2.05) is 44.2 Å². The van der Waals surface area contributed by atoms with E-state index in [1.54, 1.807) is 23.6 Å². The zero-order valence-electron chi connectivity index (χ0n) is 12.9. The minimum atomic E-state index is -0.996. The predicted molar refractivity (Wildman–Crippen MR) is 84.9 cm³/mol. The van der Waals surface area contributed by atoms with E-state index in [0.29, 0.717) is 0 Å². The van der Waals surface area contributed by atoms with E-state index in [2.05, 4.69) is 0 Å².